The molecule has 4 heteroatoms. The quantitative estimate of drug-likeness (QED) is 0.876. The maximum atomic E-state index is 8.97. The zero-order valence-electron chi connectivity index (χ0n) is 10.8. The van der Waals surface area contributed by atoms with Crippen LogP contribution in [-0.4, -0.2) is 35.1 Å². The van der Waals surface area contributed by atoms with Crippen molar-refractivity contribution >= 4 is 0 Å². The molecule has 2 unspecified atom stereocenters. The van der Waals surface area contributed by atoms with Gasteiger partial charge in [-0.2, -0.15) is 5.26 Å². The molecule has 1 N–H and O–H groups in total. The van der Waals surface area contributed by atoms with Crippen LogP contribution in [0.3, 0.4) is 0 Å². The van der Waals surface area contributed by atoms with E-state index in [1.807, 2.05) is 12.4 Å². The molecule has 0 saturated carbocycles. The lowest BCUT2D eigenvalue weighted by atomic mass is 10.1. The summed E-state index contributed by atoms with van der Waals surface area (Å²) in [4.78, 5) is 6.49. The van der Waals surface area contributed by atoms with Crippen LogP contribution in [0.25, 0.3) is 0 Å². The van der Waals surface area contributed by atoms with Crippen LogP contribution in [0.4, 0.5) is 0 Å². The minimum absolute atomic E-state index is 0.306. The highest BCUT2D eigenvalue weighted by molar-refractivity contribution is 5.10. The van der Waals surface area contributed by atoms with Crippen molar-refractivity contribution < 1.29 is 0 Å². The first-order chi connectivity index (χ1) is 8.81. The van der Waals surface area contributed by atoms with E-state index in [4.69, 9.17) is 5.26 Å². The zero-order chi connectivity index (χ0) is 12.8. The van der Waals surface area contributed by atoms with E-state index < -0.39 is 0 Å². The van der Waals surface area contributed by atoms with E-state index in [0.29, 0.717) is 18.5 Å². The standard InChI is InChI=1S/C14H20N4/c1-12-3-7-17-10-14(2-6-15)18(12)11-13-4-8-16-9-5-13/h4-5,8-9,12,14,17H,2-3,7,10-11H2,1H3. The molecule has 96 valence electrons. The summed E-state index contributed by atoms with van der Waals surface area (Å²) in [5, 5.41) is 12.4. The SMILES string of the molecule is CC1CCNCC(CC#N)N1Cc1ccncc1. The van der Waals surface area contributed by atoms with Gasteiger partial charge in [-0.05, 0) is 37.6 Å². The molecule has 0 aliphatic carbocycles. The third-order valence-electron chi connectivity index (χ3n) is 3.60. The van der Waals surface area contributed by atoms with E-state index >= 15 is 0 Å². The molecule has 2 rings (SSSR count). The predicted molar refractivity (Wildman–Crippen MR) is 70.7 cm³/mol. The third kappa shape index (κ3) is 3.28. The number of nitrogens with one attached hydrogen (secondary N) is 1. The summed E-state index contributed by atoms with van der Waals surface area (Å²) in [6.07, 6.45) is 5.38. The van der Waals surface area contributed by atoms with Gasteiger partial charge in [0.1, 0.15) is 0 Å². The van der Waals surface area contributed by atoms with Gasteiger partial charge in [0.25, 0.3) is 0 Å². The molecule has 4 nitrogen and oxygen atoms in total. The Hall–Kier alpha value is -1.44. The van der Waals surface area contributed by atoms with Crippen LogP contribution in [-0.2, 0) is 6.54 Å². The van der Waals surface area contributed by atoms with Gasteiger partial charge in [0.15, 0.2) is 0 Å². The highest BCUT2D eigenvalue weighted by Crippen LogP contribution is 2.17. The van der Waals surface area contributed by atoms with Gasteiger partial charge < -0.3 is 5.32 Å². The average molecular weight is 244 g/mol. The Morgan fingerprint density at radius 3 is 3.00 bits per heavy atom. The lowest BCUT2D eigenvalue weighted by Crippen LogP contribution is -2.42. The molecule has 2 heterocycles. The fraction of sp³-hybridized carbons (Fsp3) is 0.571. The lowest BCUT2D eigenvalue weighted by Gasteiger charge is -2.33. The average Bonchev–Trinajstić information content (AvgIpc) is 2.56. The first-order valence-electron chi connectivity index (χ1n) is 6.53. The summed E-state index contributed by atoms with van der Waals surface area (Å²) >= 11 is 0. The van der Waals surface area contributed by atoms with Gasteiger partial charge in [0.05, 0.1) is 12.5 Å². The molecular weight excluding hydrogens is 224 g/mol. The van der Waals surface area contributed by atoms with Crippen LogP contribution in [0, 0.1) is 11.3 Å². The number of hydrogen-bond acceptors (Lipinski definition) is 4. The number of aromatic nitrogens is 1. The van der Waals surface area contributed by atoms with E-state index in [0.717, 1.165) is 26.1 Å². The molecule has 1 saturated heterocycles. The van der Waals surface area contributed by atoms with Crippen molar-refractivity contribution in [2.75, 3.05) is 13.1 Å². The number of nitriles is 1. The third-order valence-corrected chi connectivity index (χ3v) is 3.60. The highest BCUT2D eigenvalue weighted by atomic mass is 15.2. The fourth-order valence-electron chi connectivity index (χ4n) is 2.50. The van der Waals surface area contributed by atoms with E-state index in [1.54, 1.807) is 0 Å². The molecule has 0 amide bonds. The number of nitrogens with zero attached hydrogens (tertiary/aromatic N) is 3. The molecule has 2 atom stereocenters. The van der Waals surface area contributed by atoms with Crippen molar-refractivity contribution in [3.05, 3.63) is 30.1 Å². The molecular formula is C14H20N4. The summed E-state index contributed by atoms with van der Waals surface area (Å²) in [5.41, 5.74) is 1.27. The Morgan fingerprint density at radius 1 is 1.50 bits per heavy atom. The normalized spacial score (nSPS) is 25.3. The van der Waals surface area contributed by atoms with Crippen molar-refractivity contribution in [3.8, 4) is 6.07 Å². The molecule has 1 aromatic rings. The summed E-state index contributed by atoms with van der Waals surface area (Å²) in [7, 11) is 0. The largest absolute Gasteiger partial charge is 0.315 e. The Bertz CT molecular complexity index is 398. The van der Waals surface area contributed by atoms with Crippen molar-refractivity contribution in [3.63, 3.8) is 0 Å². The molecule has 0 spiro atoms. The minimum Gasteiger partial charge on any atom is -0.315 e. The molecule has 1 aromatic heterocycles. The smallest absolute Gasteiger partial charge is 0.0638 e. The second-order valence-corrected chi connectivity index (χ2v) is 4.89. The summed E-state index contributed by atoms with van der Waals surface area (Å²) in [6, 6.07) is 7.22. The van der Waals surface area contributed by atoms with Crippen LogP contribution >= 0.6 is 0 Å². The van der Waals surface area contributed by atoms with Gasteiger partial charge in [0, 0.05) is 37.6 Å². The first-order valence-corrected chi connectivity index (χ1v) is 6.53. The maximum absolute atomic E-state index is 8.97. The van der Waals surface area contributed by atoms with Gasteiger partial charge >= 0.3 is 0 Å². The van der Waals surface area contributed by atoms with Gasteiger partial charge in [-0.1, -0.05) is 0 Å². The molecule has 1 aliphatic rings. The Kier molecular flexibility index (Phi) is 4.68. The fourth-order valence-corrected chi connectivity index (χ4v) is 2.50. The summed E-state index contributed by atoms with van der Waals surface area (Å²) in [6.45, 7) is 5.09. The highest BCUT2D eigenvalue weighted by Gasteiger charge is 2.25. The Balaban J connectivity index is 2.11. The Morgan fingerprint density at radius 2 is 2.28 bits per heavy atom. The molecule has 18 heavy (non-hydrogen) atoms. The topological polar surface area (TPSA) is 52.0 Å². The van der Waals surface area contributed by atoms with Crippen molar-refractivity contribution in [1.29, 1.82) is 5.26 Å². The van der Waals surface area contributed by atoms with Gasteiger partial charge in [0.2, 0.25) is 0 Å². The van der Waals surface area contributed by atoms with E-state index in [-0.39, 0.29) is 0 Å². The van der Waals surface area contributed by atoms with E-state index in [2.05, 4.69) is 40.3 Å². The zero-order valence-corrected chi connectivity index (χ0v) is 10.8. The number of pyridine rings is 1. The van der Waals surface area contributed by atoms with Gasteiger partial charge in [-0.15, -0.1) is 0 Å². The van der Waals surface area contributed by atoms with E-state index in [9.17, 15) is 0 Å². The van der Waals surface area contributed by atoms with Crippen LogP contribution < -0.4 is 5.32 Å². The number of hydrogen-bond donors (Lipinski definition) is 1. The van der Waals surface area contributed by atoms with Crippen molar-refractivity contribution in [2.24, 2.45) is 0 Å². The van der Waals surface area contributed by atoms with Gasteiger partial charge in [-0.3, -0.25) is 9.88 Å². The summed E-state index contributed by atoms with van der Waals surface area (Å²) < 4.78 is 0. The molecule has 1 fully saturated rings. The lowest BCUT2D eigenvalue weighted by molar-refractivity contribution is 0.145. The molecule has 0 radical (unpaired) electrons. The predicted octanol–water partition coefficient (Wildman–Crippen LogP) is 1.55. The van der Waals surface area contributed by atoms with Gasteiger partial charge in [-0.25, -0.2) is 0 Å². The Labute approximate surface area is 109 Å². The van der Waals surface area contributed by atoms with E-state index in [1.165, 1.54) is 5.56 Å². The second kappa shape index (κ2) is 6.48. The van der Waals surface area contributed by atoms with Crippen LogP contribution in [0.15, 0.2) is 24.5 Å². The minimum atomic E-state index is 0.306. The van der Waals surface area contributed by atoms with Crippen molar-refractivity contribution in [1.82, 2.24) is 15.2 Å². The summed E-state index contributed by atoms with van der Waals surface area (Å²) in [5.74, 6) is 0. The maximum Gasteiger partial charge on any atom is 0.0638 e. The monoisotopic (exact) mass is 244 g/mol. The van der Waals surface area contributed by atoms with Crippen LogP contribution in [0.5, 0.6) is 0 Å². The van der Waals surface area contributed by atoms with Crippen LogP contribution in [0.1, 0.15) is 25.3 Å². The molecule has 0 aromatic carbocycles. The second-order valence-electron chi connectivity index (χ2n) is 4.89. The number of rotatable bonds is 3. The molecule has 1 aliphatic heterocycles. The van der Waals surface area contributed by atoms with Crippen molar-refractivity contribution in [2.45, 2.75) is 38.4 Å². The molecule has 0 bridgehead atoms. The first kappa shape index (κ1) is 13.0. The van der Waals surface area contributed by atoms with Crippen LogP contribution in [0.2, 0.25) is 0 Å².